The minimum absolute atomic E-state index is 0.0860. The maximum absolute atomic E-state index is 11.8. The van der Waals surface area contributed by atoms with Crippen LogP contribution in [-0.4, -0.2) is 54.1 Å². The fraction of sp³-hybridized carbons (Fsp3) is 0.727. The first kappa shape index (κ1) is 16.2. The van der Waals surface area contributed by atoms with Gasteiger partial charge < -0.3 is 20.6 Å². The van der Waals surface area contributed by atoms with Crippen molar-refractivity contribution in [3.63, 3.8) is 0 Å². The molecule has 7 heteroatoms. The summed E-state index contributed by atoms with van der Waals surface area (Å²) in [5, 5.41) is 13.7. The van der Waals surface area contributed by atoms with E-state index in [0.717, 1.165) is 0 Å². The largest absolute Gasteiger partial charge is 0.480 e. The number of aliphatic carboxylic acids is 1. The lowest BCUT2D eigenvalue weighted by Crippen LogP contribution is -2.50. The van der Waals surface area contributed by atoms with Crippen LogP contribution in [0.15, 0.2) is 0 Å². The molecule has 104 valence electrons. The third-order valence-corrected chi connectivity index (χ3v) is 2.46. The van der Waals surface area contributed by atoms with Gasteiger partial charge >= 0.3 is 12.0 Å². The number of likely N-dealkylation sites (N-methyl/N-ethyl adjacent to an activating group) is 2. The molecule has 0 aromatic carbocycles. The van der Waals surface area contributed by atoms with Gasteiger partial charge in [0.15, 0.2) is 0 Å². The topological polar surface area (TPSA) is 98.7 Å². The summed E-state index contributed by atoms with van der Waals surface area (Å²) in [4.78, 5) is 35.1. The molecule has 1 atom stereocenters. The van der Waals surface area contributed by atoms with Crippen LogP contribution in [0.4, 0.5) is 4.79 Å². The van der Waals surface area contributed by atoms with E-state index in [1.54, 1.807) is 6.92 Å². The Bertz CT molecular complexity index is 307. The molecule has 3 N–H and O–H groups in total. The molecule has 18 heavy (non-hydrogen) atoms. The van der Waals surface area contributed by atoms with Crippen molar-refractivity contribution in [3.05, 3.63) is 0 Å². The molecule has 0 heterocycles. The van der Waals surface area contributed by atoms with Crippen LogP contribution in [-0.2, 0) is 9.59 Å². The predicted octanol–water partition coefficient (Wildman–Crippen LogP) is 0.0172. The van der Waals surface area contributed by atoms with Gasteiger partial charge in [-0.3, -0.25) is 4.79 Å². The molecular formula is C11H21N3O4. The van der Waals surface area contributed by atoms with Crippen molar-refractivity contribution < 1.29 is 19.5 Å². The van der Waals surface area contributed by atoms with Gasteiger partial charge in [0.1, 0.15) is 12.6 Å². The second-order valence-electron chi connectivity index (χ2n) is 3.82. The Balaban J connectivity index is 4.49. The Morgan fingerprint density at radius 2 is 1.89 bits per heavy atom. The van der Waals surface area contributed by atoms with Crippen molar-refractivity contribution in [2.24, 2.45) is 0 Å². The summed E-state index contributed by atoms with van der Waals surface area (Å²) in [6.07, 6.45) is 1.01. The zero-order chi connectivity index (χ0) is 14.1. The second-order valence-corrected chi connectivity index (χ2v) is 3.82. The number of carboxylic acids is 1. The van der Waals surface area contributed by atoms with Crippen molar-refractivity contribution in [1.29, 1.82) is 0 Å². The molecule has 7 nitrogen and oxygen atoms in total. The summed E-state index contributed by atoms with van der Waals surface area (Å²) in [6, 6.07) is -1.46. The van der Waals surface area contributed by atoms with Crippen molar-refractivity contribution >= 4 is 17.9 Å². The maximum Gasteiger partial charge on any atom is 0.326 e. The Labute approximate surface area is 107 Å². The van der Waals surface area contributed by atoms with Gasteiger partial charge in [-0.05, 0) is 13.3 Å². The molecule has 0 spiro atoms. The molecule has 0 fully saturated rings. The third-order valence-electron chi connectivity index (χ3n) is 2.46. The number of urea groups is 1. The molecule has 3 amide bonds. The first-order chi connectivity index (χ1) is 8.46. The molecule has 0 radical (unpaired) electrons. The van der Waals surface area contributed by atoms with Crippen LogP contribution >= 0.6 is 0 Å². The summed E-state index contributed by atoms with van der Waals surface area (Å²) in [5.74, 6) is -1.37. The van der Waals surface area contributed by atoms with E-state index in [1.165, 1.54) is 11.9 Å². The molecule has 0 aromatic rings. The van der Waals surface area contributed by atoms with Crippen LogP contribution in [0.25, 0.3) is 0 Å². The molecule has 0 saturated carbocycles. The number of rotatable bonds is 7. The Kier molecular flexibility index (Phi) is 7.50. The van der Waals surface area contributed by atoms with Crippen LogP contribution in [0.1, 0.15) is 26.7 Å². The number of hydrogen-bond acceptors (Lipinski definition) is 3. The minimum atomic E-state index is -1.07. The summed E-state index contributed by atoms with van der Waals surface area (Å²) in [5.41, 5.74) is 0. The zero-order valence-corrected chi connectivity index (χ0v) is 11.0. The second kappa shape index (κ2) is 8.32. The molecule has 0 aliphatic heterocycles. The fourth-order valence-electron chi connectivity index (χ4n) is 1.37. The molecule has 0 aromatic heterocycles. The average molecular weight is 259 g/mol. The number of nitrogens with zero attached hydrogens (tertiary/aromatic N) is 1. The van der Waals surface area contributed by atoms with Gasteiger partial charge in [0.25, 0.3) is 0 Å². The van der Waals surface area contributed by atoms with Gasteiger partial charge in [-0.1, -0.05) is 13.3 Å². The number of nitrogens with one attached hydrogen (secondary N) is 2. The maximum atomic E-state index is 11.8. The number of carbonyl (C=O) groups is 3. The van der Waals surface area contributed by atoms with Crippen molar-refractivity contribution in [2.75, 3.05) is 20.1 Å². The molecular weight excluding hydrogens is 238 g/mol. The Hall–Kier alpha value is -1.79. The molecule has 0 saturated heterocycles. The minimum Gasteiger partial charge on any atom is -0.480 e. The first-order valence-corrected chi connectivity index (χ1v) is 5.95. The predicted molar refractivity (Wildman–Crippen MR) is 66.2 cm³/mol. The number of hydrogen-bond donors (Lipinski definition) is 3. The van der Waals surface area contributed by atoms with Gasteiger partial charge in [0, 0.05) is 13.6 Å². The van der Waals surface area contributed by atoms with Crippen LogP contribution in [0.2, 0.25) is 0 Å². The van der Waals surface area contributed by atoms with E-state index in [1.807, 2.05) is 6.92 Å². The van der Waals surface area contributed by atoms with Gasteiger partial charge in [0.2, 0.25) is 5.91 Å². The van der Waals surface area contributed by atoms with E-state index in [0.29, 0.717) is 19.4 Å². The molecule has 0 aliphatic carbocycles. The van der Waals surface area contributed by atoms with Crippen LogP contribution in [0, 0.1) is 0 Å². The molecule has 0 unspecified atom stereocenters. The highest BCUT2D eigenvalue weighted by molar-refractivity contribution is 5.86. The average Bonchev–Trinajstić information content (AvgIpc) is 2.34. The Morgan fingerprint density at radius 1 is 1.28 bits per heavy atom. The summed E-state index contributed by atoms with van der Waals surface area (Å²) >= 11 is 0. The van der Waals surface area contributed by atoms with E-state index in [-0.39, 0.29) is 12.5 Å². The van der Waals surface area contributed by atoms with Gasteiger partial charge in [-0.25, -0.2) is 9.59 Å². The lowest BCUT2D eigenvalue weighted by atomic mass is 10.2. The highest BCUT2D eigenvalue weighted by Crippen LogP contribution is 1.99. The lowest BCUT2D eigenvalue weighted by molar-refractivity contribution is -0.139. The fourth-order valence-corrected chi connectivity index (χ4v) is 1.37. The number of carbonyl (C=O) groups excluding carboxylic acids is 2. The molecule has 0 aliphatic rings. The van der Waals surface area contributed by atoms with E-state index >= 15 is 0 Å². The van der Waals surface area contributed by atoms with E-state index < -0.39 is 18.0 Å². The molecule has 0 rings (SSSR count). The number of carboxylic acid groups (broad SMARTS) is 1. The smallest absolute Gasteiger partial charge is 0.326 e. The standard InChI is InChI=1S/C11H21N3O4/c1-4-6-8(10(16)17)13-11(18)14(5-2)7-9(15)12-3/h8H,4-7H2,1-3H3,(H,12,15)(H,13,18)(H,16,17)/t8-/m1/s1. The highest BCUT2D eigenvalue weighted by Gasteiger charge is 2.22. The normalized spacial score (nSPS) is 11.5. The first-order valence-electron chi connectivity index (χ1n) is 5.95. The number of amides is 3. The SMILES string of the molecule is CCC[C@@H](NC(=O)N(CC)CC(=O)NC)C(=O)O. The van der Waals surface area contributed by atoms with Crippen LogP contribution in [0.5, 0.6) is 0 Å². The van der Waals surface area contributed by atoms with E-state index in [2.05, 4.69) is 10.6 Å². The van der Waals surface area contributed by atoms with Crippen molar-refractivity contribution in [3.8, 4) is 0 Å². The van der Waals surface area contributed by atoms with Crippen molar-refractivity contribution in [1.82, 2.24) is 15.5 Å². The van der Waals surface area contributed by atoms with Crippen molar-refractivity contribution in [2.45, 2.75) is 32.7 Å². The van der Waals surface area contributed by atoms with E-state index in [4.69, 9.17) is 5.11 Å². The summed E-state index contributed by atoms with van der Waals surface area (Å²) in [6.45, 7) is 3.80. The monoisotopic (exact) mass is 259 g/mol. The van der Waals surface area contributed by atoms with Crippen LogP contribution < -0.4 is 10.6 Å². The van der Waals surface area contributed by atoms with Gasteiger partial charge in [0.05, 0.1) is 0 Å². The lowest BCUT2D eigenvalue weighted by Gasteiger charge is -2.23. The zero-order valence-electron chi connectivity index (χ0n) is 11.0. The van der Waals surface area contributed by atoms with Crippen LogP contribution in [0.3, 0.4) is 0 Å². The third kappa shape index (κ3) is 5.51. The Morgan fingerprint density at radius 3 is 2.28 bits per heavy atom. The van der Waals surface area contributed by atoms with Gasteiger partial charge in [-0.15, -0.1) is 0 Å². The molecule has 0 bridgehead atoms. The van der Waals surface area contributed by atoms with Gasteiger partial charge in [-0.2, -0.15) is 0 Å². The highest BCUT2D eigenvalue weighted by atomic mass is 16.4. The summed E-state index contributed by atoms with van der Waals surface area (Å²) < 4.78 is 0. The van der Waals surface area contributed by atoms with E-state index in [9.17, 15) is 14.4 Å². The quantitative estimate of drug-likeness (QED) is 0.600. The summed E-state index contributed by atoms with van der Waals surface area (Å²) in [7, 11) is 1.48.